The van der Waals surface area contributed by atoms with E-state index in [9.17, 15) is 8.42 Å². The van der Waals surface area contributed by atoms with Gasteiger partial charge in [-0.3, -0.25) is 0 Å². The highest BCUT2D eigenvalue weighted by Crippen LogP contribution is 2.17. The number of nitrogens with one attached hydrogen (secondary N) is 1. The van der Waals surface area contributed by atoms with Crippen molar-refractivity contribution >= 4 is 15.5 Å². The Kier molecular flexibility index (Phi) is 4.47. The van der Waals surface area contributed by atoms with Crippen molar-refractivity contribution in [2.24, 2.45) is 0 Å². The third kappa shape index (κ3) is 3.59. The summed E-state index contributed by atoms with van der Waals surface area (Å²) in [6.45, 7) is 0.971. The topological polar surface area (TPSA) is 53.8 Å². The van der Waals surface area contributed by atoms with Gasteiger partial charge < -0.3 is 9.30 Å². The lowest BCUT2D eigenvalue weighted by molar-refractivity contribution is 0.414. The largest absolute Gasteiger partial charge is 0.324 e. The standard InChI is InChI=1S/C14H21N3O2S/c1-15-20(18,19)11-12-4-8-17-9-6-13(14(17)10-12)5-7-16(2)3/h4,6,8-10,15H,5,7,11H2,1-3H3. The van der Waals surface area contributed by atoms with Crippen LogP contribution >= 0.6 is 0 Å². The molecule has 2 rings (SSSR count). The number of sulfonamides is 1. The summed E-state index contributed by atoms with van der Waals surface area (Å²) in [4.78, 5) is 2.14. The Balaban J connectivity index is 2.29. The number of fused-ring (bicyclic) bond motifs is 1. The molecule has 6 heteroatoms. The van der Waals surface area contributed by atoms with Gasteiger partial charge in [0, 0.05) is 24.5 Å². The predicted molar refractivity (Wildman–Crippen MR) is 81.3 cm³/mol. The van der Waals surface area contributed by atoms with Crippen LogP contribution in [-0.2, 0) is 22.2 Å². The highest BCUT2D eigenvalue weighted by atomic mass is 32.2. The average Bonchev–Trinajstić information content (AvgIpc) is 2.78. The van der Waals surface area contributed by atoms with Gasteiger partial charge in [-0.2, -0.15) is 0 Å². The summed E-state index contributed by atoms with van der Waals surface area (Å²) in [5.41, 5.74) is 3.12. The maximum atomic E-state index is 11.6. The first-order valence-corrected chi connectivity index (χ1v) is 8.21. The lowest BCUT2D eigenvalue weighted by Crippen LogP contribution is -2.20. The fourth-order valence-electron chi connectivity index (χ4n) is 2.14. The van der Waals surface area contributed by atoms with Crippen LogP contribution in [0, 0.1) is 0 Å². The van der Waals surface area contributed by atoms with Crippen molar-refractivity contribution in [2.75, 3.05) is 27.7 Å². The second-order valence-electron chi connectivity index (χ2n) is 5.18. The molecule has 2 aromatic heterocycles. The molecule has 0 atom stereocenters. The molecule has 0 radical (unpaired) electrons. The molecule has 0 saturated heterocycles. The highest BCUT2D eigenvalue weighted by molar-refractivity contribution is 7.88. The number of rotatable bonds is 6. The van der Waals surface area contributed by atoms with E-state index in [0.29, 0.717) is 0 Å². The van der Waals surface area contributed by atoms with Crippen molar-refractivity contribution in [3.8, 4) is 0 Å². The van der Waals surface area contributed by atoms with E-state index < -0.39 is 10.0 Å². The molecule has 0 unspecified atom stereocenters. The van der Waals surface area contributed by atoms with Crippen molar-refractivity contribution in [3.63, 3.8) is 0 Å². The molecule has 5 nitrogen and oxygen atoms in total. The molecule has 0 aliphatic heterocycles. The Hall–Kier alpha value is -1.37. The van der Waals surface area contributed by atoms with Crippen LogP contribution < -0.4 is 4.72 Å². The zero-order valence-electron chi connectivity index (χ0n) is 12.1. The molecule has 0 aliphatic rings. The van der Waals surface area contributed by atoms with Crippen LogP contribution in [0.3, 0.4) is 0 Å². The van der Waals surface area contributed by atoms with E-state index in [2.05, 4.69) is 15.7 Å². The van der Waals surface area contributed by atoms with Crippen LogP contribution in [0.5, 0.6) is 0 Å². The van der Waals surface area contributed by atoms with Gasteiger partial charge in [-0.1, -0.05) is 0 Å². The molecule has 0 saturated carbocycles. The summed E-state index contributed by atoms with van der Waals surface area (Å²) in [6, 6.07) is 5.90. The maximum Gasteiger partial charge on any atom is 0.215 e. The first kappa shape index (κ1) is 15.0. The van der Waals surface area contributed by atoms with Crippen molar-refractivity contribution in [1.82, 2.24) is 14.0 Å². The Morgan fingerprint density at radius 3 is 2.60 bits per heavy atom. The van der Waals surface area contributed by atoms with Gasteiger partial charge >= 0.3 is 0 Å². The second-order valence-corrected chi connectivity index (χ2v) is 7.11. The van der Waals surface area contributed by atoms with Crippen LogP contribution in [0.25, 0.3) is 5.52 Å². The summed E-state index contributed by atoms with van der Waals surface area (Å²) in [7, 11) is 2.30. The summed E-state index contributed by atoms with van der Waals surface area (Å²) < 4.78 is 27.6. The Bertz CT molecular complexity index is 690. The maximum absolute atomic E-state index is 11.6. The van der Waals surface area contributed by atoms with Gasteiger partial charge in [-0.15, -0.1) is 0 Å². The van der Waals surface area contributed by atoms with Crippen molar-refractivity contribution in [1.29, 1.82) is 0 Å². The normalized spacial score (nSPS) is 12.4. The predicted octanol–water partition coefficient (Wildman–Crippen LogP) is 1.09. The minimum atomic E-state index is -3.23. The van der Waals surface area contributed by atoms with Gasteiger partial charge in [0.1, 0.15) is 0 Å². The number of hydrogen-bond donors (Lipinski definition) is 1. The van der Waals surface area contributed by atoms with Crippen LogP contribution in [0.1, 0.15) is 11.1 Å². The number of hydrogen-bond acceptors (Lipinski definition) is 3. The third-order valence-electron chi connectivity index (χ3n) is 3.31. The monoisotopic (exact) mass is 295 g/mol. The number of likely N-dealkylation sites (N-methyl/N-ethyl adjacent to an activating group) is 1. The lowest BCUT2D eigenvalue weighted by Gasteiger charge is -2.09. The van der Waals surface area contributed by atoms with E-state index in [1.165, 1.54) is 12.6 Å². The molecule has 0 spiro atoms. The van der Waals surface area contributed by atoms with Gasteiger partial charge in [-0.05, 0) is 56.9 Å². The zero-order chi connectivity index (χ0) is 14.8. The quantitative estimate of drug-likeness (QED) is 0.868. The highest BCUT2D eigenvalue weighted by Gasteiger charge is 2.10. The average molecular weight is 295 g/mol. The van der Waals surface area contributed by atoms with E-state index in [0.717, 1.165) is 24.0 Å². The van der Waals surface area contributed by atoms with Crippen LogP contribution in [0.4, 0.5) is 0 Å². The van der Waals surface area contributed by atoms with Crippen LogP contribution in [0.2, 0.25) is 0 Å². The van der Waals surface area contributed by atoms with Gasteiger partial charge in [0.25, 0.3) is 0 Å². The molecule has 2 aromatic rings. The molecule has 0 amide bonds. The molecule has 2 heterocycles. The first-order chi connectivity index (χ1) is 9.41. The van der Waals surface area contributed by atoms with Crippen molar-refractivity contribution in [3.05, 3.63) is 41.7 Å². The number of pyridine rings is 1. The molecule has 110 valence electrons. The molecular weight excluding hydrogens is 274 g/mol. The van der Waals surface area contributed by atoms with Crippen LogP contribution in [0.15, 0.2) is 30.6 Å². The molecule has 20 heavy (non-hydrogen) atoms. The van der Waals surface area contributed by atoms with Crippen LogP contribution in [-0.4, -0.2) is 45.4 Å². The first-order valence-electron chi connectivity index (χ1n) is 6.56. The van der Waals surface area contributed by atoms with E-state index in [4.69, 9.17) is 0 Å². The Labute approximate surface area is 120 Å². The fraction of sp³-hybridized carbons (Fsp3) is 0.429. The molecule has 0 aromatic carbocycles. The van der Waals surface area contributed by atoms with E-state index in [1.54, 1.807) is 0 Å². The molecule has 1 N–H and O–H groups in total. The van der Waals surface area contributed by atoms with Gasteiger partial charge in [-0.25, -0.2) is 13.1 Å². The zero-order valence-corrected chi connectivity index (χ0v) is 12.9. The van der Waals surface area contributed by atoms with E-state index in [1.807, 2.05) is 43.0 Å². The summed E-state index contributed by atoms with van der Waals surface area (Å²) in [6.07, 6.45) is 4.87. The smallest absolute Gasteiger partial charge is 0.215 e. The number of nitrogens with zero attached hydrogens (tertiary/aromatic N) is 2. The summed E-state index contributed by atoms with van der Waals surface area (Å²) >= 11 is 0. The third-order valence-corrected chi connectivity index (χ3v) is 4.65. The van der Waals surface area contributed by atoms with Gasteiger partial charge in [0.2, 0.25) is 10.0 Å². The molecule has 0 fully saturated rings. The lowest BCUT2D eigenvalue weighted by atomic mass is 10.1. The summed E-state index contributed by atoms with van der Waals surface area (Å²) in [5.74, 6) is 0.0122. The molecule has 0 bridgehead atoms. The molecular formula is C14H21N3O2S. The minimum absolute atomic E-state index is 0.0122. The van der Waals surface area contributed by atoms with Gasteiger partial charge in [0.15, 0.2) is 0 Å². The van der Waals surface area contributed by atoms with Crippen molar-refractivity contribution < 1.29 is 8.42 Å². The van der Waals surface area contributed by atoms with Crippen molar-refractivity contribution in [2.45, 2.75) is 12.2 Å². The Morgan fingerprint density at radius 1 is 1.25 bits per heavy atom. The van der Waals surface area contributed by atoms with Gasteiger partial charge in [0.05, 0.1) is 5.75 Å². The van der Waals surface area contributed by atoms with E-state index >= 15 is 0 Å². The Morgan fingerprint density at radius 2 is 1.95 bits per heavy atom. The second kappa shape index (κ2) is 5.95. The summed E-state index contributed by atoms with van der Waals surface area (Å²) in [5, 5.41) is 0. The minimum Gasteiger partial charge on any atom is -0.324 e. The fourth-order valence-corrected chi connectivity index (χ4v) is 2.90. The SMILES string of the molecule is CNS(=O)(=O)Cc1ccn2ccc(CCN(C)C)c2c1. The van der Waals surface area contributed by atoms with E-state index in [-0.39, 0.29) is 5.75 Å². The molecule has 0 aliphatic carbocycles. The number of aromatic nitrogens is 1.